The highest BCUT2D eigenvalue weighted by Crippen LogP contribution is 2.23. The van der Waals surface area contributed by atoms with E-state index in [1.165, 1.54) is 4.31 Å². The molecule has 1 rings (SSSR count). The molecule has 0 spiro atoms. The van der Waals surface area contributed by atoms with E-state index < -0.39 is 10.2 Å². The summed E-state index contributed by atoms with van der Waals surface area (Å²) >= 11 is 0. The van der Waals surface area contributed by atoms with Crippen LogP contribution in [0, 0.1) is 0 Å². The third-order valence-corrected chi connectivity index (χ3v) is 4.05. The van der Waals surface area contributed by atoms with Gasteiger partial charge in [-0.25, -0.2) is 5.14 Å². The maximum atomic E-state index is 11.4. The predicted octanol–water partition coefficient (Wildman–Crippen LogP) is 0.172. The summed E-state index contributed by atoms with van der Waals surface area (Å²) in [6.07, 6.45) is 4.23. The Kier molecular flexibility index (Phi) is 4.51. The summed E-state index contributed by atoms with van der Waals surface area (Å²) in [6, 6.07) is 0.282. The van der Waals surface area contributed by atoms with Gasteiger partial charge in [0.2, 0.25) is 0 Å². The first kappa shape index (κ1) is 12.9. The lowest BCUT2D eigenvalue weighted by Gasteiger charge is -2.33. The minimum Gasteiger partial charge on any atom is -0.328 e. The summed E-state index contributed by atoms with van der Waals surface area (Å²) in [5.74, 6) is 0. The summed E-state index contributed by atoms with van der Waals surface area (Å²) < 4.78 is 24.2. The van der Waals surface area contributed by atoms with Crippen LogP contribution in [0.3, 0.4) is 0 Å². The molecule has 0 aromatic heterocycles. The van der Waals surface area contributed by atoms with Crippen molar-refractivity contribution in [1.82, 2.24) is 4.31 Å². The van der Waals surface area contributed by atoms with Crippen molar-refractivity contribution in [3.8, 4) is 0 Å². The van der Waals surface area contributed by atoms with Crippen molar-refractivity contribution in [2.75, 3.05) is 6.54 Å². The van der Waals surface area contributed by atoms with Crippen LogP contribution in [0.5, 0.6) is 0 Å². The highest BCUT2D eigenvalue weighted by Gasteiger charge is 2.29. The lowest BCUT2D eigenvalue weighted by atomic mass is 9.92. The Hall–Kier alpha value is -0.170. The van der Waals surface area contributed by atoms with Crippen molar-refractivity contribution in [1.29, 1.82) is 0 Å². The normalized spacial score (nSPS) is 28.3. The molecule has 4 N–H and O–H groups in total. The lowest BCUT2D eigenvalue weighted by Crippen LogP contribution is -2.47. The van der Waals surface area contributed by atoms with E-state index in [-0.39, 0.29) is 12.1 Å². The number of hydrogen-bond acceptors (Lipinski definition) is 3. The summed E-state index contributed by atoms with van der Waals surface area (Å²) in [4.78, 5) is 0. The number of hydrogen-bond donors (Lipinski definition) is 2. The fourth-order valence-corrected chi connectivity index (χ4v) is 3.19. The molecule has 5 nitrogen and oxygen atoms in total. The Labute approximate surface area is 92.0 Å². The van der Waals surface area contributed by atoms with E-state index in [2.05, 4.69) is 0 Å². The molecule has 1 fully saturated rings. The quantitative estimate of drug-likeness (QED) is 0.728. The van der Waals surface area contributed by atoms with Gasteiger partial charge in [0, 0.05) is 18.6 Å². The second-order valence-electron chi connectivity index (χ2n) is 4.22. The van der Waals surface area contributed by atoms with Gasteiger partial charge in [-0.3, -0.25) is 0 Å². The Morgan fingerprint density at radius 3 is 2.20 bits per heavy atom. The molecule has 0 aromatic rings. The van der Waals surface area contributed by atoms with Gasteiger partial charge in [0.05, 0.1) is 0 Å². The number of rotatable bonds is 4. The van der Waals surface area contributed by atoms with Crippen LogP contribution < -0.4 is 10.9 Å². The van der Waals surface area contributed by atoms with E-state index in [1.807, 2.05) is 6.92 Å². The first-order valence-corrected chi connectivity index (χ1v) is 7.00. The van der Waals surface area contributed by atoms with Crippen molar-refractivity contribution in [2.24, 2.45) is 10.9 Å². The molecule has 6 heteroatoms. The van der Waals surface area contributed by atoms with Gasteiger partial charge in [-0.15, -0.1) is 0 Å². The van der Waals surface area contributed by atoms with Crippen LogP contribution in [-0.2, 0) is 10.2 Å². The fraction of sp³-hybridized carbons (Fsp3) is 1.00. The molecule has 0 heterocycles. The van der Waals surface area contributed by atoms with Crippen LogP contribution in [0.1, 0.15) is 39.0 Å². The van der Waals surface area contributed by atoms with E-state index >= 15 is 0 Å². The molecule has 0 saturated heterocycles. The van der Waals surface area contributed by atoms with E-state index in [0.717, 1.165) is 32.1 Å². The van der Waals surface area contributed by atoms with Crippen molar-refractivity contribution in [3.63, 3.8) is 0 Å². The first-order chi connectivity index (χ1) is 6.95. The maximum absolute atomic E-state index is 11.4. The third-order valence-electron chi connectivity index (χ3n) is 2.92. The Morgan fingerprint density at radius 2 is 1.80 bits per heavy atom. The van der Waals surface area contributed by atoms with Crippen molar-refractivity contribution < 1.29 is 8.42 Å². The molecule has 90 valence electrons. The Balaban J connectivity index is 2.65. The molecule has 15 heavy (non-hydrogen) atoms. The first-order valence-electron chi connectivity index (χ1n) is 5.50. The summed E-state index contributed by atoms with van der Waals surface area (Å²) in [5, 5.41) is 5.20. The molecule has 0 aliphatic heterocycles. The van der Waals surface area contributed by atoms with Gasteiger partial charge in [-0.05, 0) is 32.1 Å². The zero-order valence-electron chi connectivity index (χ0n) is 9.22. The van der Waals surface area contributed by atoms with Crippen LogP contribution in [0.25, 0.3) is 0 Å². The van der Waals surface area contributed by atoms with E-state index in [0.29, 0.717) is 6.54 Å². The molecule has 0 amide bonds. The van der Waals surface area contributed by atoms with Crippen molar-refractivity contribution >= 4 is 10.2 Å². The van der Waals surface area contributed by atoms with Gasteiger partial charge in [-0.1, -0.05) is 6.92 Å². The lowest BCUT2D eigenvalue weighted by molar-refractivity contribution is 0.240. The minimum atomic E-state index is -3.55. The standard InChI is InChI=1S/C9H21N3O2S/c1-2-7-12(15(11,13)14)9-5-3-8(10)4-6-9/h8-9H,2-7,10H2,1H3,(H2,11,13,14). The van der Waals surface area contributed by atoms with E-state index in [1.54, 1.807) is 0 Å². The third kappa shape index (κ3) is 3.71. The smallest absolute Gasteiger partial charge is 0.277 e. The predicted molar refractivity (Wildman–Crippen MR) is 60.3 cm³/mol. The molecule has 1 aliphatic carbocycles. The summed E-state index contributed by atoms with van der Waals surface area (Å²) in [5.41, 5.74) is 5.78. The molecule has 1 aliphatic rings. The van der Waals surface area contributed by atoms with E-state index in [4.69, 9.17) is 10.9 Å². The monoisotopic (exact) mass is 235 g/mol. The Morgan fingerprint density at radius 1 is 1.27 bits per heavy atom. The van der Waals surface area contributed by atoms with Gasteiger partial charge in [0.25, 0.3) is 10.2 Å². The van der Waals surface area contributed by atoms with Crippen LogP contribution in [0.4, 0.5) is 0 Å². The SMILES string of the molecule is CCCN(C1CCC(N)CC1)S(N)(=O)=O. The molecule has 0 radical (unpaired) electrons. The average molecular weight is 235 g/mol. The molecule has 0 bridgehead atoms. The van der Waals surface area contributed by atoms with Crippen LogP contribution in [-0.4, -0.2) is 31.4 Å². The number of nitrogens with two attached hydrogens (primary N) is 2. The van der Waals surface area contributed by atoms with Gasteiger partial charge in [-0.2, -0.15) is 12.7 Å². The second-order valence-corrected chi connectivity index (χ2v) is 5.72. The summed E-state index contributed by atoms with van der Waals surface area (Å²) in [7, 11) is -3.55. The molecule has 0 unspecified atom stereocenters. The molecule has 1 saturated carbocycles. The molecule has 0 atom stereocenters. The Bertz CT molecular complexity index is 284. The van der Waals surface area contributed by atoms with E-state index in [9.17, 15) is 8.42 Å². The maximum Gasteiger partial charge on any atom is 0.277 e. The van der Waals surface area contributed by atoms with Crippen LogP contribution >= 0.6 is 0 Å². The second kappa shape index (κ2) is 5.25. The topological polar surface area (TPSA) is 89.4 Å². The molecular weight excluding hydrogens is 214 g/mol. The fourth-order valence-electron chi connectivity index (χ4n) is 2.13. The highest BCUT2D eigenvalue weighted by molar-refractivity contribution is 7.86. The van der Waals surface area contributed by atoms with Crippen molar-refractivity contribution in [3.05, 3.63) is 0 Å². The van der Waals surface area contributed by atoms with Crippen LogP contribution in [0.2, 0.25) is 0 Å². The van der Waals surface area contributed by atoms with Gasteiger partial charge in [0.1, 0.15) is 0 Å². The average Bonchev–Trinajstić information content (AvgIpc) is 2.14. The summed E-state index contributed by atoms with van der Waals surface area (Å²) in [6.45, 7) is 2.46. The largest absolute Gasteiger partial charge is 0.328 e. The molecule has 0 aromatic carbocycles. The minimum absolute atomic E-state index is 0.0553. The highest BCUT2D eigenvalue weighted by atomic mass is 32.2. The zero-order valence-corrected chi connectivity index (χ0v) is 10.0. The van der Waals surface area contributed by atoms with Crippen molar-refractivity contribution in [2.45, 2.75) is 51.1 Å². The van der Waals surface area contributed by atoms with Gasteiger partial charge in [0.15, 0.2) is 0 Å². The van der Waals surface area contributed by atoms with Crippen LogP contribution in [0.15, 0.2) is 0 Å². The van der Waals surface area contributed by atoms with Gasteiger partial charge >= 0.3 is 0 Å². The molecular formula is C9H21N3O2S. The zero-order chi connectivity index (χ0) is 11.5. The van der Waals surface area contributed by atoms with Gasteiger partial charge < -0.3 is 5.73 Å². The number of nitrogens with zero attached hydrogens (tertiary/aromatic N) is 1.